The molecule has 0 spiro atoms. The van der Waals surface area contributed by atoms with Gasteiger partial charge in [-0.25, -0.2) is 18.2 Å². The average Bonchev–Trinajstić information content (AvgIpc) is 3.70. The van der Waals surface area contributed by atoms with Crippen LogP contribution in [-0.4, -0.2) is 76.6 Å². The summed E-state index contributed by atoms with van der Waals surface area (Å²) in [5.41, 5.74) is 0.670. The highest BCUT2D eigenvalue weighted by molar-refractivity contribution is 5.98. The van der Waals surface area contributed by atoms with Crippen molar-refractivity contribution in [3.05, 3.63) is 42.0 Å². The number of nitrogens with zero attached hydrogens (tertiary/aromatic N) is 4. The van der Waals surface area contributed by atoms with Crippen molar-refractivity contribution in [3.63, 3.8) is 0 Å². The highest BCUT2D eigenvalue weighted by Gasteiger charge is 2.49. The number of hydrogen-bond acceptors (Lipinski definition) is 8. The predicted octanol–water partition coefficient (Wildman–Crippen LogP) is 4.92. The number of benzene rings is 2. The number of alkyl halides is 1. The third kappa shape index (κ3) is 4.12. The molecule has 4 aliphatic heterocycles. The Morgan fingerprint density at radius 2 is 1.93 bits per heavy atom. The number of rotatable bonds is 5. The minimum Gasteiger partial charge on any atom is -0.508 e. The van der Waals surface area contributed by atoms with Gasteiger partial charge in [-0.05, 0) is 55.8 Å². The summed E-state index contributed by atoms with van der Waals surface area (Å²) in [6.45, 7) is 3.10. The SMILES string of the molecule is Oc1cc(-c2nc3c(N4CC5CCC(C4)N5)nc(OC[C@@]45CCCN4C[C@H](F)C5)cc3o2)c2c(F)c(F)ccc2c1. The number of aromatic nitrogens is 2. The second kappa shape index (κ2) is 9.22. The van der Waals surface area contributed by atoms with Crippen molar-refractivity contribution in [1.29, 1.82) is 0 Å². The van der Waals surface area contributed by atoms with Gasteiger partial charge in [0.25, 0.3) is 0 Å². The Labute approximate surface area is 234 Å². The smallest absolute Gasteiger partial charge is 0.228 e. The Morgan fingerprint density at radius 3 is 2.76 bits per heavy atom. The number of ether oxygens (including phenoxy) is 1. The molecule has 6 heterocycles. The van der Waals surface area contributed by atoms with Crippen LogP contribution >= 0.6 is 0 Å². The first-order valence-corrected chi connectivity index (χ1v) is 14.3. The van der Waals surface area contributed by atoms with Gasteiger partial charge < -0.3 is 24.5 Å². The molecule has 8 nitrogen and oxygen atoms in total. The maximum atomic E-state index is 15.0. The van der Waals surface area contributed by atoms with E-state index in [4.69, 9.17) is 19.1 Å². The van der Waals surface area contributed by atoms with Crippen LogP contribution in [0.1, 0.15) is 32.1 Å². The molecular weight excluding hydrogens is 535 g/mol. The number of piperazine rings is 1. The summed E-state index contributed by atoms with van der Waals surface area (Å²) in [4.78, 5) is 14.0. The summed E-state index contributed by atoms with van der Waals surface area (Å²) in [6.07, 6.45) is 3.63. The Balaban J connectivity index is 1.23. The Kier molecular flexibility index (Phi) is 5.66. The van der Waals surface area contributed by atoms with Crippen molar-refractivity contribution >= 4 is 27.7 Å². The fourth-order valence-corrected chi connectivity index (χ4v) is 7.48. The number of halogens is 3. The monoisotopic (exact) mass is 565 g/mol. The second-order valence-corrected chi connectivity index (χ2v) is 12.0. The highest BCUT2D eigenvalue weighted by Crippen LogP contribution is 2.42. The van der Waals surface area contributed by atoms with E-state index in [1.54, 1.807) is 6.07 Å². The van der Waals surface area contributed by atoms with Crippen LogP contribution in [0.25, 0.3) is 33.3 Å². The maximum Gasteiger partial charge on any atom is 0.228 e. The number of phenols is 1. The van der Waals surface area contributed by atoms with Gasteiger partial charge >= 0.3 is 0 Å². The first kappa shape index (κ1) is 25.2. The number of fused-ring (bicyclic) bond motifs is 5. The van der Waals surface area contributed by atoms with Crippen molar-refractivity contribution in [3.8, 4) is 23.1 Å². The number of nitrogens with one attached hydrogen (secondary N) is 1. The minimum absolute atomic E-state index is 0.0250. The molecule has 0 aliphatic carbocycles. The molecule has 41 heavy (non-hydrogen) atoms. The van der Waals surface area contributed by atoms with Crippen LogP contribution in [0.4, 0.5) is 19.0 Å². The molecule has 2 aromatic carbocycles. The van der Waals surface area contributed by atoms with Gasteiger partial charge in [-0.1, -0.05) is 6.07 Å². The van der Waals surface area contributed by atoms with Gasteiger partial charge in [-0.3, -0.25) is 4.90 Å². The molecule has 4 atom stereocenters. The Hall–Kier alpha value is -3.57. The van der Waals surface area contributed by atoms with E-state index in [0.29, 0.717) is 59.8 Å². The fraction of sp³-hybridized carbons (Fsp3) is 0.467. The number of anilines is 1. The van der Waals surface area contributed by atoms with Gasteiger partial charge in [0.1, 0.15) is 18.5 Å². The molecule has 214 valence electrons. The van der Waals surface area contributed by atoms with E-state index >= 15 is 4.39 Å². The number of aromatic hydroxyl groups is 1. The predicted molar refractivity (Wildman–Crippen MR) is 147 cm³/mol. The first-order chi connectivity index (χ1) is 19.8. The molecule has 4 aromatic rings. The molecule has 0 radical (unpaired) electrons. The van der Waals surface area contributed by atoms with Crippen molar-refractivity contribution in [1.82, 2.24) is 20.2 Å². The van der Waals surface area contributed by atoms with Crippen LogP contribution in [-0.2, 0) is 0 Å². The zero-order valence-corrected chi connectivity index (χ0v) is 22.4. The lowest BCUT2D eigenvalue weighted by molar-refractivity contribution is 0.110. The standard InChI is InChI=1S/C30H30F3N5O3/c31-17-11-30(6-1-7-38(30)12-17)15-40-24-10-23-27(28(35-24)37-13-18-3-4-19(14-37)34-18)36-29(41-23)21-9-20(39)8-16-2-5-22(32)26(33)25(16)21/h2,5,8-10,17-19,34,39H,1,3-4,6-7,11-15H2/t17-,18?,19?,30+/m1/s1. The molecule has 4 aliphatic rings. The Morgan fingerprint density at radius 1 is 1.10 bits per heavy atom. The largest absolute Gasteiger partial charge is 0.508 e. The summed E-state index contributed by atoms with van der Waals surface area (Å²) in [6, 6.07) is 7.46. The number of oxazole rings is 1. The normalized spacial score (nSPS) is 27.8. The van der Waals surface area contributed by atoms with Crippen molar-refractivity contribution in [2.45, 2.75) is 55.9 Å². The van der Waals surface area contributed by atoms with E-state index in [2.05, 4.69) is 15.1 Å². The number of hydrogen-bond donors (Lipinski definition) is 2. The van der Waals surface area contributed by atoms with Crippen LogP contribution < -0.4 is 15.0 Å². The molecule has 0 saturated carbocycles. The quantitative estimate of drug-likeness (QED) is 0.353. The number of phenolic OH excluding ortho intramolecular Hbond substituents is 1. The first-order valence-electron chi connectivity index (χ1n) is 14.3. The van der Waals surface area contributed by atoms with E-state index in [-0.39, 0.29) is 28.1 Å². The Bertz CT molecular complexity index is 1670. The van der Waals surface area contributed by atoms with E-state index in [9.17, 15) is 13.9 Å². The molecule has 2 unspecified atom stereocenters. The van der Waals surface area contributed by atoms with Gasteiger partial charge in [0.15, 0.2) is 28.6 Å². The molecule has 4 fully saturated rings. The topological polar surface area (TPSA) is 86.9 Å². The molecule has 2 bridgehead atoms. The summed E-state index contributed by atoms with van der Waals surface area (Å²) in [5.74, 6) is -1.17. The molecule has 8 rings (SSSR count). The van der Waals surface area contributed by atoms with Gasteiger partial charge in [0.05, 0.1) is 11.1 Å². The highest BCUT2D eigenvalue weighted by atomic mass is 19.2. The van der Waals surface area contributed by atoms with Crippen LogP contribution in [0.15, 0.2) is 34.7 Å². The van der Waals surface area contributed by atoms with E-state index < -0.39 is 17.8 Å². The lowest BCUT2D eigenvalue weighted by Gasteiger charge is -2.34. The average molecular weight is 566 g/mol. The molecule has 0 amide bonds. The third-order valence-electron chi connectivity index (χ3n) is 9.32. The van der Waals surface area contributed by atoms with E-state index in [1.165, 1.54) is 18.2 Å². The molecular formula is C30H30F3N5O3. The van der Waals surface area contributed by atoms with Crippen molar-refractivity contribution in [2.75, 3.05) is 37.7 Å². The van der Waals surface area contributed by atoms with Crippen LogP contribution in [0.3, 0.4) is 0 Å². The van der Waals surface area contributed by atoms with Crippen LogP contribution in [0, 0.1) is 11.6 Å². The zero-order valence-electron chi connectivity index (χ0n) is 22.4. The van der Waals surface area contributed by atoms with Crippen LogP contribution in [0.2, 0.25) is 0 Å². The summed E-state index contributed by atoms with van der Waals surface area (Å²) >= 11 is 0. The molecule has 2 aromatic heterocycles. The maximum absolute atomic E-state index is 15.0. The zero-order chi connectivity index (χ0) is 27.9. The summed E-state index contributed by atoms with van der Waals surface area (Å²) in [7, 11) is 0. The van der Waals surface area contributed by atoms with Gasteiger partial charge in [0, 0.05) is 49.6 Å². The molecule has 11 heteroatoms. The lowest BCUT2D eigenvalue weighted by atomic mass is 9.95. The summed E-state index contributed by atoms with van der Waals surface area (Å²) < 4.78 is 56.1. The van der Waals surface area contributed by atoms with Crippen LogP contribution in [0.5, 0.6) is 11.6 Å². The lowest BCUT2D eigenvalue weighted by Crippen LogP contribution is -2.51. The van der Waals surface area contributed by atoms with E-state index in [0.717, 1.165) is 51.4 Å². The third-order valence-corrected chi connectivity index (χ3v) is 9.32. The number of pyridine rings is 1. The van der Waals surface area contributed by atoms with Gasteiger partial charge in [-0.15, -0.1) is 0 Å². The summed E-state index contributed by atoms with van der Waals surface area (Å²) in [5, 5.41) is 14.3. The fourth-order valence-electron chi connectivity index (χ4n) is 7.48. The van der Waals surface area contributed by atoms with Gasteiger partial charge in [0.2, 0.25) is 11.8 Å². The van der Waals surface area contributed by atoms with Crippen molar-refractivity contribution in [2.24, 2.45) is 0 Å². The van der Waals surface area contributed by atoms with Gasteiger partial charge in [-0.2, -0.15) is 4.98 Å². The van der Waals surface area contributed by atoms with Crippen molar-refractivity contribution < 1.29 is 27.4 Å². The second-order valence-electron chi connectivity index (χ2n) is 12.0. The molecule has 2 N–H and O–H groups in total. The molecule has 4 saturated heterocycles. The minimum atomic E-state index is -1.04. The van der Waals surface area contributed by atoms with E-state index in [1.807, 2.05) is 0 Å².